The van der Waals surface area contributed by atoms with Crippen LogP contribution in [-0.2, 0) is 17.9 Å². The predicted octanol–water partition coefficient (Wildman–Crippen LogP) is 3.03. The Kier molecular flexibility index (Phi) is 6.54. The second-order valence-electron chi connectivity index (χ2n) is 5.93. The number of urea groups is 1. The maximum absolute atomic E-state index is 12.2. The van der Waals surface area contributed by atoms with Gasteiger partial charge >= 0.3 is 6.03 Å². The van der Waals surface area contributed by atoms with Crippen molar-refractivity contribution < 1.29 is 14.3 Å². The Morgan fingerprint density at radius 3 is 2.40 bits per heavy atom. The van der Waals surface area contributed by atoms with Gasteiger partial charge in [0.05, 0.1) is 12.7 Å². The topological polar surface area (TPSA) is 93.4 Å². The summed E-state index contributed by atoms with van der Waals surface area (Å²) in [5, 5.41) is 5.33. The molecule has 0 spiro atoms. The maximum atomic E-state index is 12.2. The average molecular weight is 341 g/mol. The lowest BCUT2D eigenvalue weighted by molar-refractivity contribution is 0.0657. The minimum Gasteiger partial charge on any atom is -0.374 e. The van der Waals surface area contributed by atoms with Gasteiger partial charge in [0.25, 0.3) is 5.91 Å². The zero-order valence-electron chi connectivity index (χ0n) is 14.4. The summed E-state index contributed by atoms with van der Waals surface area (Å²) in [5.74, 6) is -0.186. The molecular formula is C19H23N3O3. The van der Waals surface area contributed by atoms with Gasteiger partial charge in [-0.1, -0.05) is 24.3 Å². The molecule has 0 bridgehead atoms. The summed E-state index contributed by atoms with van der Waals surface area (Å²) in [5.41, 5.74) is 8.17. The molecule has 0 heterocycles. The fourth-order valence-electron chi connectivity index (χ4n) is 2.22. The number of rotatable bonds is 7. The van der Waals surface area contributed by atoms with E-state index in [-0.39, 0.29) is 12.0 Å². The molecule has 2 aromatic rings. The van der Waals surface area contributed by atoms with E-state index in [0.717, 1.165) is 11.1 Å². The molecule has 0 radical (unpaired) electrons. The van der Waals surface area contributed by atoms with Crippen LogP contribution in [-0.4, -0.2) is 18.0 Å². The summed E-state index contributed by atoms with van der Waals surface area (Å²) in [7, 11) is 0. The number of carbonyl (C=O) groups excluding carboxylic acids is 2. The number of primary amides is 1. The number of benzene rings is 2. The molecule has 0 aromatic heterocycles. The van der Waals surface area contributed by atoms with Crippen LogP contribution in [0.5, 0.6) is 0 Å². The first-order valence-electron chi connectivity index (χ1n) is 8.08. The van der Waals surface area contributed by atoms with E-state index in [1.165, 1.54) is 0 Å². The van der Waals surface area contributed by atoms with E-state index < -0.39 is 6.03 Å². The molecule has 0 saturated carbocycles. The molecule has 0 aliphatic carbocycles. The van der Waals surface area contributed by atoms with Gasteiger partial charge in [0.1, 0.15) is 0 Å². The van der Waals surface area contributed by atoms with Crippen molar-refractivity contribution >= 4 is 17.6 Å². The van der Waals surface area contributed by atoms with Gasteiger partial charge in [-0.2, -0.15) is 0 Å². The average Bonchev–Trinajstić information content (AvgIpc) is 2.58. The quantitative estimate of drug-likeness (QED) is 0.722. The molecule has 0 aliphatic heterocycles. The van der Waals surface area contributed by atoms with Crippen molar-refractivity contribution in [1.82, 2.24) is 5.32 Å². The maximum Gasteiger partial charge on any atom is 0.316 e. The molecule has 0 atom stereocenters. The standard InChI is InChI=1S/C19H23N3O3/c1-13(2)25-12-15-5-3-4-14(10-15)11-21-18(23)16-6-8-17(9-7-16)22-19(20)24/h3-10,13H,11-12H2,1-2H3,(H,21,23)(H3,20,22,24). The summed E-state index contributed by atoms with van der Waals surface area (Å²) < 4.78 is 5.59. The third kappa shape index (κ3) is 6.27. The molecule has 3 amide bonds. The first-order valence-corrected chi connectivity index (χ1v) is 8.08. The van der Waals surface area contributed by atoms with Crippen LogP contribution in [0.1, 0.15) is 35.3 Å². The van der Waals surface area contributed by atoms with Gasteiger partial charge in [0, 0.05) is 17.8 Å². The van der Waals surface area contributed by atoms with Crippen LogP contribution in [0.15, 0.2) is 48.5 Å². The summed E-state index contributed by atoms with van der Waals surface area (Å²) >= 11 is 0. The molecule has 0 fully saturated rings. The summed E-state index contributed by atoms with van der Waals surface area (Å²) in [6, 6.07) is 13.8. The van der Waals surface area contributed by atoms with Gasteiger partial charge in [-0.3, -0.25) is 4.79 Å². The summed E-state index contributed by atoms with van der Waals surface area (Å²) in [6.45, 7) is 4.96. The normalized spacial score (nSPS) is 10.5. The van der Waals surface area contributed by atoms with Crippen molar-refractivity contribution in [2.75, 3.05) is 5.32 Å². The van der Waals surface area contributed by atoms with E-state index in [9.17, 15) is 9.59 Å². The Bertz CT molecular complexity index is 727. The molecule has 2 aromatic carbocycles. The molecule has 132 valence electrons. The highest BCUT2D eigenvalue weighted by atomic mass is 16.5. The Balaban J connectivity index is 1.91. The number of nitrogens with one attached hydrogen (secondary N) is 2. The minimum absolute atomic E-state index is 0.176. The molecule has 4 N–H and O–H groups in total. The van der Waals surface area contributed by atoms with Crippen molar-refractivity contribution in [2.45, 2.75) is 33.1 Å². The Labute approximate surface area is 147 Å². The summed E-state index contributed by atoms with van der Waals surface area (Å²) in [6.07, 6.45) is 0.176. The highest BCUT2D eigenvalue weighted by Crippen LogP contribution is 2.11. The molecule has 0 saturated heterocycles. The molecule has 0 unspecified atom stereocenters. The molecule has 25 heavy (non-hydrogen) atoms. The fraction of sp³-hybridized carbons (Fsp3) is 0.263. The van der Waals surface area contributed by atoms with Gasteiger partial charge in [-0.05, 0) is 49.2 Å². The molecule has 6 heteroatoms. The Hall–Kier alpha value is -2.86. The Morgan fingerprint density at radius 1 is 1.08 bits per heavy atom. The van der Waals surface area contributed by atoms with Crippen LogP contribution in [0.2, 0.25) is 0 Å². The Morgan fingerprint density at radius 2 is 1.76 bits per heavy atom. The van der Waals surface area contributed by atoms with Crippen LogP contribution in [0.3, 0.4) is 0 Å². The van der Waals surface area contributed by atoms with Gasteiger partial charge in [0.15, 0.2) is 0 Å². The minimum atomic E-state index is -0.640. The van der Waals surface area contributed by atoms with Crippen LogP contribution >= 0.6 is 0 Å². The van der Waals surface area contributed by atoms with Crippen LogP contribution in [0.25, 0.3) is 0 Å². The van der Waals surface area contributed by atoms with Crippen molar-refractivity contribution in [1.29, 1.82) is 0 Å². The van der Waals surface area contributed by atoms with E-state index in [4.69, 9.17) is 10.5 Å². The number of nitrogens with two attached hydrogens (primary N) is 1. The first kappa shape index (κ1) is 18.5. The SMILES string of the molecule is CC(C)OCc1cccc(CNC(=O)c2ccc(NC(N)=O)cc2)c1. The molecule has 2 rings (SSSR count). The second-order valence-corrected chi connectivity index (χ2v) is 5.93. The number of hydrogen-bond acceptors (Lipinski definition) is 3. The van der Waals surface area contributed by atoms with Gasteiger partial charge in [0.2, 0.25) is 0 Å². The molecule has 6 nitrogen and oxygen atoms in total. The highest BCUT2D eigenvalue weighted by molar-refractivity contribution is 5.95. The zero-order chi connectivity index (χ0) is 18.2. The zero-order valence-corrected chi connectivity index (χ0v) is 14.4. The van der Waals surface area contributed by atoms with Gasteiger partial charge in [-0.25, -0.2) is 4.79 Å². The van der Waals surface area contributed by atoms with E-state index >= 15 is 0 Å². The molecular weight excluding hydrogens is 318 g/mol. The third-order valence-corrected chi connectivity index (χ3v) is 3.44. The largest absolute Gasteiger partial charge is 0.374 e. The highest BCUT2D eigenvalue weighted by Gasteiger charge is 2.06. The van der Waals surface area contributed by atoms with Crippen LogP contribution in [0.4, 0.5) is 10.5 Å². The summed E-state index contributed by atoms with van der Waals surface area (Å²) in [4.78, 5) is 23.0. The third-order valence-electron chi connectivity index (χ3n) is 3.44. The lowest BCUT2D eigenvalue weighted by atomic mass is 10.1. The van der Waals surface area contributed by atoms with Crippen molar-refractivity contribution in [3.8, 4) is 0 Å². The monoisotopic (exact) mass is 341 g/mol. The number of ether oxygens (including phenoxy) is 1. The fourth-order valence-corrected chi connectivity index (χ4v) is 2.22. The lowest BCUT2D eigenvalue weighted by Crippen LogP contribution is -2.23. The van der Waals surface area contributed by atoms with Gasteiger partial charge in [-0.15, -0.1) is 0 Å². The van der Waals surface area contributed by atoms with Crippen LogP contribution < -0.4 is 16.4 Å². The molecule has 0 aliphatic rings. The number of anilines is 1. The van der Waals surface area contributed by atoms with E-state index in [1.807, 2.05) is 38.1 Å². The predicted molar refractivity (Wildman–Crippen MR) is 97.2 cm³/mol. The second kappa shape index (κ2) is 8.84. The van der Waals surface area contributed by atoms with Crippen molar-refractivity contribution in [2.24, 2.45) is 5.73 Å². The van der Waals surface area contributed by atoms with Crippen LogP contribution in [0, 0.1) is 0 Å². The van der Waals surface area contributed by atoms with E-state index in [2.05, 4.69) is 10.6 Å². The smallest absolute Gasteiger partial charge is 0.316 e. The van der Waals surface area contributed by atoms with Gasteiger partial charge < -0.3 is 21.1 Å². The van der Waals surface area contributed by atoms with Crippen molar-refractivity contribution in [3.05, 3.63) is 65.2 Å². The lowest BCUT2D eigenvalue weighted by Gasteiger charge is -2.10. The first-order chi connectivity index (χ1) is 11.9. The van der Waals surface area contributed by atoms with Crippen molar-refractivity contribution in [3.63, 3.8) is 0 Å². The van der Waals surface area contributed by atoms with E-state index in [1.54, 1.807) is 24.3 Å². The number of hydrogen-bond donors (Lipinski definition) is 3. The van der Waals surface area contributed by atoms with E-state index in [0.29, 0.717) is 24.4 Å². The number of carbonyl (C=O) groups is 2. The number of amides is 3.